The molecule has 3 aromatic rings. The van der Waals surface area contributed by atoms with Gasteiger partial charge in [-0.15, -0.1) is 0 Å². The number of benzene rings is 2. The topological polar surface area (TPSA) is 99.3 Å². The van der Waals surface area contributed by atoms with Gasteiger partial charge in [0.25, 0.3) is 0 Å². The van der Waals surface area contributed by atoms with Crippen LogP contribution in [0.4, 0.5) is 0 Å². The predicted molar refractivity (Wildman–Crippen MR) is 134 cm³/mol. The summed E-state index contributed by atoms with van der Waals surface area (Å²) < 4.78 is 5.33. The number of imidazole rings is 1. The molecule has 0 radical (unpaired) electrons. The summed E-state index contributed by atoms with van der Waals surface area (Å²) in [6.45, 7) is 2.92. The van der Waals surface area contributed by atoms with Crippen LogP contribution in [0.15, 0.2) is 48.5 Å². The van der Waals surface area contributed by atoms with Gasteiger partial charge in [-0.3, -0.25) is 14.5 Å². The molecular weight excluding hydrogens is 442 g/mol. The molecule has 0 unspecified atom stereocenters. The smallest absolute Gasteiger partial charge is 0.234 e. The zero-order valence-electron chi connectivity index (χ0n) is 20.3. The summed E-state index contributed by atoms with van der Waals surface area (Å²) in [5, 5.41) is 6.35. The van der Waals surface area contributed by atoms with Gasteiger partial charge in [-0.1, -0.05) is 24.3 Å². The van der Waals surface area contributed by atoms with E-state index in [-0.39, 0.29) is 36.0 Å². The summed E-state index contributed by atoms with van der Waals surface area (Å²) in [6.07, 6.45) is 3.65. The lowest BCUT2D eigenvalue weighted by Crippen LogP contribution is -2.54. The molecule has 5 rings (SSSR count). The Bertz CT molecular complexity index is 1170. The number of carbonyl (C=O) groups is 2. The van der Waals surface area contributed by atoms with Crippen LogP contribution in [0.3, 0.4) is 0 Å². The molecule has 2 fully saturated rings. The standard InChI is InChI=1S/C27H33N5O3/c1-27-16-22(18-10-12-19(35-2)13-11-18)32(23(27)8-5-9-25(33)31-27)17-26(34)28-15-14-24-29-20-6-3-4-7-21(20)30-24/h3-4,6-7,10-13,22-23H,5,8-9,14-17H2,1-2H3,(H,28,34)(H,29,30)(H,31,33)/t22-,23-,27-/m0/s1. The highest BCUT2D eigenvalue weighted by Crippen LogP contribution is 2.45. The van der Waals surface area contributed by atoms with Crippen LogP contribution in [0.25, 0.3) is 11.0 Å². The number of aromatic amines is 1. The second-order valence-electron chi connectivity index (χ2n) is 9.84. The highest BCUT2D eigenvalue weighted by Gasteiger charge is 2.51. The van der Waals surface area contributed by atoms with E-state index in [0.29, 0.717) is 19.4 Å². The first-order valence-corrected chi connectivity index (χ1v) is 12.4. The molecular formula is C27H33N5O3. The van der Waals surface area contributed by atoms with Crippen LogP contribution < -0.4 is 15.4 Å². The van der Waals surface area contributed by atoms with E-state index in [2.05, 4.69) is 44.6 Å². The SMILES string of the molecule is COc1ccc([C@@H]2C[C@]3(C)NC(=O)CCC[C@@H]3N2CC(=O)NCCc2nc3ccccc3[nH]2)cc1. The second-order valence-corrected chi connectivity index (χ2v) is 9.84. The van der Waals surface area contributed by atoms with Gasteiger partial charge >= 0.3 is 0 Å². The van der Waals surface area contributed by atoms with E-state index in [0.717, 1.165) is 47.4 Å². The van der Waals surface area contributed by atoms with E-state index in [1.807, 2.05) is 36.4 Å². The predicted octanol–water partition coefficient (Wildman–Crippen LogP) is 3.10. The number of para-hydroxylation sites is 2. The average Bonchev–Trinajstić information content (AvgIpc) is 3.33. The second kappa shape index (κ2) is 9.70. The molecule has 2 aromatic carbocycles. The molecule has 2 aliphatic rings. The lowest BCUT2D eigenvalue weighted by molar-refractivity contribution is -0.123. The number of amides is 2. The lowest BCUT2D eigenvalue weighted by atomic mass is 9.88. The summed E-state index contributed by atoms with van der Waals surface area (Å²) in [4.78, 5) is 35.7. The fraction of sp³-hybridized carbons (Fsp3) is 0.444. The van der Waals surface area contributed by atoms with Gasteiger partial charge < -0.3 is 20.4 Å². The molecule has 8 nitrogen and oxygen atoms in total. The van der Waals surface area contributed by atoms with E-state index >= 15 is 0 Å². The van der Waals surface area contributed by atoms with E-state index in [1.54, 1.807) is 7.11 Å². The Morgan fingerprint density at radius 1 is 1.23 bits per heavy atom. The number of ether oxygens (including phenoxy) is 1. The molecule has 184 valence electrons. The van der Waals surface area contributed by atoms with Crippen molar-refractivity contribution < 1.29 is 14.3 Å². The quantitative estimate of drug-likeness (QED) is 0.488. The van der Waals surface area contributed by atoms with Gasteiger partial charge in [0.2, 0.25) is 11.8 Å². The number of hydrogen-bond acceptors (Lipinski definition) is 5. The maximum atomic E-state index is 13.1. The number of H-pyrrole nitrogens is 1. The van der Waals surface area contributed by atoms with Crippen LogP contribution in [0.5, 0.6) is 5.75 Å². The van der Waals surface area contributed by atoms with E-state index in [4.69, 9.17) is 4.74 Å². The van der Waals surface area contributed by atoms with Gasteiger partial charge in [-0.25, -0.2) is 4.98 Å². The van der Waals surface area contributed by atoms with Gasteiger partial charge in [-0.05, 0) is 56.0 Å². The minimum Gasteiger partial charge on any atom is -0.497 e. The molecule has 0 aliphatic carbocycles. The van der Waals surface area contributed by atoms with Crippen LogP contribution in [0.2, 0.25) is 0 Å². The Balaban J connectivity index is 1.29. The molecule has 8 heteroatoms. The van der Waals surface area contributed by atoms with Crippen molar-refractivity contribution >= 4 is 22.8 Å². The van der Waals surface area contributed by atoms with E-state index in [1.165, 1.54) is 0 Å². The Morgan fingerprint density at radius 2 is 2.03 bits per heavy atom. The highest BCUT2D eigenvalue weighted by atomic mass is 16.5. The van der Waals surface area contributed by atoms with Gasteiger partial charge in [0.15, 0.2) is 0 Å². The Hall–Kier alpha value is -3.39. The van der Waals surface area contributed by atoms with E-state index < -0.39 is 0 Å². The number of fused-ring (bicyclic) bond motifs is 2. The van der Waals surface area contributed by atoms with Crippen molar-refractivity contribution in [3.05, 3.63) is 59.9 Å². The van der Waals surface area contributed by atoms with Crippen LogP contribution >= 0.6 is 0 Å². The van der Waals surface area contributed by atoms with Crippen LogP contribution in [-0.4, -0.2) is 58.5 Å². The monoisotopic (exact) mass is 475 g/mol. The van der Waals surface area contributed by atoms with Gasteiger partial charge in [0, 0.05) is 31.5 Å². The van der Waals surface area contributed by atoms with Crippen LogP contribution in [-0.2, 0) is 16.0 Å². The number of carbonyl (C=O) groups excluding carboxylic acids is 2. The molecule has 3 atom stereocenters. The third kappa shape index (κ3) is 4.89. The minimum atomic E-state index is -0.368. The third-order valence-corrected chi connectivity index (χ3v) is 7.41. The van der Waals surface area contributed by atoms with Crippen molar-refractivity contribution in [3.8, 4) is 5.75 Å². The molecule has 3 N–H and O–H groups in total. The third-order valence-electron chi connectivity index (χ3n) is 7.41. The molecule has 0 saturated carbocycles. The minimum absolute atomic E-state index is 0.0144. The average molecular weight is 476 g/mol. The first-order chi connectivity index (χ1) is 16.9. The Labute approximate surface area is 205 Å². The normalized spacial score (nSPS) is 24.6. The van der Waals surface area contributed by atoms with Crippen LogP contribution in [0, 0.1) is 0 Å². The Kier molecular flexibility index (Phi) is 6.47. The fourth-order valence-electron chi connectivity index (χ4n) is 5.72. The molecule has 2 amide bonds. The lowest BCUT2D eigenvalue weighted by Gasteiger charge is -2.34. The van der Waals surface area contributed by atoms with Crippen molar-refractivity contribution in [2.75, 3.05) is 20.2 Å². The maximum absolute atomic E-state index is 13.1. The zero-order valence-corrected chi connectivity index (χ0v) is 20.3. The number of methoxy groups -OCH3 is 1. The zero-order chi connectivity index (χ0) is 24.4. The van der Waals surface area contributed by atoms with Crippen molar-refractivity contribution in [1.29, 1.82) is 0 Å². The summed E-state index contributed by atoms with van der Waals surface area (Å²) >= 11 is 0. The van der Waals surface area contributed by atoms with Crippen molar-refractivity contribution in [2.24, 2.45) is 0 Å². The van der Waals surface area contributed by atoms with Gasteiger partial charge in [0.05, 0.1) is 30.2 Å². The number of nitrogens with zero attached hydrogens (tertiary/aromatic N) is 2. The molecule has 3 heterocycles. The first-order valence-electron chi connectivity index (χ1n) is 12.4. The highest BCUT2D eigenvalue weighted by molar-refractivity contribution is 5.79. The molecule has 35 heavy (non-hydrogen) atoms. The Morgan fingerprint density at radius 3 is 2.80 bits per heavy atom. The van der Waals surface area contributed by atoms with Crippen molar-refractivity contribution in [1.82, 2.24) is 25.5 Å². The summed E-state index contributed by atoms with van der Waals surface area (Å²) in [7, 11) is 1.65. The van der Waals surface area contributed by atoms with Crippen LogP contribution in [0.1, 0.15) is 50.0 Å². The van der Waals surface area contributed by atoms with Crippen molar-refractivity contribution in [3.63, 3.8) is 0 Å². The van der Waals surface area contributed by atoms with Crippen molar-refractivity contribution in [2.45, 2.75) is 56.7 Å². The fourth-order valence-corrected chi connectivity index (χ4v) is 5.72. The first kappa shape index (κ1) is 23.4. The molecule has 2 saturated heterocycles. The maximum Gasteiger partial charge on any atom is 0.234 e. The van der Waals surface area contributed by atoms with E-state index in [9.17, 15) is 9.59 Å². The summed E-state index contributed by atoms with van der Waals surface area (Å²) in [5.41, 5.74) is 2.70. The van der Waals surface area contributed by atoms with Gasteiger partial charge in [0.1, 0.15) is 11.6 Å². The number of hydrogen-bond donors (Lipinski definition) is 3. The molecule has 1 aromatic heterocycles. The number of likely N-dealkylation sites (tertiary alicyclic amines) is 1. The number of rotatable bonds is 7. The molecule has 2 aliphatic heterocycles. The van der Waals surface area contributed by atoms with Gasteiger partial charge in [-0.2, -0.15) is 0 Å². The number of nitrogens with one attached hydrogen (secondary N) is 3. The molecule has 0 spiro atoms. The summed E-state index contributed by atoms with van der Waals surface area (Å²) in [6, 6.07) is 16.1. The largest absolute Gasteiger partial charge is 0.497 e. The number of aromatic nitrogens is 2. The summed E-state index contributed by atoms with van der Waals surface area (Å²) in [5.74, 6) is 1.75. The molecule has 0 bridgehead atoms.